The van der Waals surface area contributed by atoms with Crippen LogP contribution in [0.3, 0.4) is 0 Å². The van der Waals surface area contributed by atoms with Crippen LogP contribution >= 0.6 is 0 Å². The molecule has 0 aliphatic carbocycles. The lowest BCUT2D eigenvalue weighted by molar-refractivity contribution is -0.149. The standard InChI is InChI=1S/C26H35FN2O5/c1-3-5-6-15-29(26(32)28-19-21-7-11-22(27)12-8-21)16-17-34-23-13-9-20(10-14-23)18-24(25(30)31)33-4-2/h7-14,24H,3-6,15-19H2,1-2H3,(H,28,32)(H,30,31). The molecule has 0 fully saturated rings. The number of halogens is 1. The van der Waals surface area contributed by atoms with Crippen molar-refractivity contribution in [2.75, 3.05) is 26.3 Å². The topological polar surface area (TPSA) is 88.1 Å². The van der Waals surface area contributed by atoms with Crippen LogP contribution in [-0.2, 0) is 22.5 Å². The van der Waals surface area contributed by atoms with E-state index in [4.69, 9.17) is 9.47 Å². The molecular formula is C26H35FN2O5. The molecule has 2 N–H and O–H groups in total. The number of nitrogens with zero attached hydrogens (tertiary/aromatic N) is 1. The van der Waals surface area contributed by atoms with Gasteiger partial charge in [0.05, 0.1) is 6.54 Å². The Hall–Kier alpha value is -3.13. The number of rotatable bonds is 15. The Balaban J connectivity index is 1.85. The van der Waals surface area contributed by atoms with Gasteiger partial charge in [0.2, 0.25) is 0 Å². The summed E-state index contributed by atoms with van der Waals surface area (Å²) in [5, 5.41) is 12.1. The van der Waals surface area contributed by atoms with E-state index in [2.05, 4.69) is 12.2 Å². The lowest BCUT2D eigenvalue weighted by atomic mass is 10.1. The minimum Gasteiger partial charge on any atom is -0.492 e. The molecule has 0 heterocycles. The van der Waals surface area contributed by atoms with Crippen LogP contribution in [0, 0.1) is 5.82 Å². The molecule has 1 atom stereocenters. The number of unbranched alkanes of at least 4 members (excludes halogenated alkanes) is 2. The number of hydrogen-bond acceptors (Lipinski definition) is 4. The van der Waals surface area contributed by atoms with E-state index in [0.717, 1.165) is 30.4 Å². The van der Waals surface area contributed by atoms with Crippen molar-refractivity contribution >= 4 is 12.0 Å². The first kappa shape index (κ1) is 27.1. The first-order valence-electron chi connectivity index (χ1n) is 11.8. The van der Waals surface area contributed by atoms with Crippen molar-refractivity contribution in [3.63, 3.8) is 0 Å². The fourth-order valence-electron chi connectivity index (χ4n) is 3.39. The molecule has 2 aromatic rings. The SMILES string of the molecule is CCCCCN(CCOc1ccc(CC(OCC)C(=O)O)cc1)C(=O)NCc1ccc(F)cc1. The van der Waals surface area contributed by atoms with Crippen molar-refractivity contribution in [2.24, 2.45) is 0 Å². The van der Waals surface area contributed by atoms with Gasteiger partial charge < -0.3 is 24.8 Å². The second kappa shape index (κ2) is 14.9. The molecule has 2 aromatic carbocycles. The molecular weight excluding hydrogens is 439 g/mol. The van der Waals surface area contributed by atoms with Gasteiger partial charge in [-0.3, -0.25) is 0 Å². The highest BCUT2D eigenvalue weighted by atomic mass is 19.1. The lowest BCUT2D eigenvalue weighted by Gasteiger charge is -2.23. The highest BCUT2D eigenvalue weighted by molar-refractivity contribution is 5.74. The van der Waals surface area contributed by atoms with E-state index < -0.39 is 12.1 Å². The third-order valence-electron chi connectivity index (χ3n) is 5.29. The fraction of sp³-hybridized carbons (Fsp3) is 0.462. The number of carboxylic acid groups (broad SMARTS) is 1. The van der Waals surface area contributed by atoms with Gasteiger partial charge >= 0.3 is 12.0 Å². The maximum Gasteiger partial charge on any atom is 0.333 e. The van der Waals surface area contributed by atoms with Crippen molar-refractivity contribution < 1.29 is 28.6 Å². The van der Waals surface area contributed by atoms with E-state index >= 15 is 0 Å². The molecule has 0 aliphatic heterocycles. The second-order valence-corrected chi connectivity index (χ2v) is 7.96. The summed E-state index contributed by atoms with van der Waals surface area (Å²) in [5.74, 6) is -0.646. The number of ether oxygens (including phenoxy) is 2. The van der Waals surface area contributed by atoms with Gasteiger partial charge in [-0.2, -0.15) is 0 Å². The van der Waals surface area contributed by atoms with Crippen LogP contribution in [0.1, 0.15) is 44.2 Å². The molecule has 2 rings (SSSR count). The van der Waals surface area contributed by atoms with Crippen LogP contribution in [-0.4, -0.2) is 54.4 Å². The predicted molar refractivity (Wildman–Crippen MR) is 128 cm³/mol. The Morgan fingerprint density at radius 3 is 2.29 bits per heavy atom. The number of hydrogen-bond donors (Lipinski definition) is 2. The van der Waals surface area contributed by atoms with Crippen molar-refractivity contribution in [3.05, 3.63) is 65.5 Å². The van der Waals surface area contributed by atoms with Crippen LogP contribution in [0.25, 0.3) is 0 Å². The molecule has 0 aromatic heterocycles. The van der Waals surface area contributed by atoms with Gasteiger partial charge in [0.1, 0.15) is 18.2 Å². The van der Waals surface area contributed by atoms with Gasteiger partial charge in [-0.25, -0.2) is 14.0 Å². The first-order chi connectivity index (χ1) is 16.4. The van der Waals surface area contributed by atoms with Gasteiger partial charge in [0.25, 0.3) is 0 Å². The Labute approximate surface area is 200 Å². The van der Waals surface area contributed by atoms with Gasteiger partial charge in [0.15, 0.2) is 6.10 Å². The zero-order valence-corrected chi connectivity index (χ0v) is 20.0. The van der Waals surface area contributed by atoms with Gasteiger partial charge in [-0.15, -0.1) is 0 Å². The Morgan fingerprint density at radius 2 is 1.68 bits per heavy atom. The van der Waals surface area contributed by atoms with Crippen LogP contribution in [0.2, 0.25) is 0 Å². The van der Waals surface area contributed by atoms with Crippen LogP contribution in [0.4, 0.5) is 9.18 Å². The minimum atomic E-state index is -0.983. The summed E-state index contributed by atoms with van der Waals surface area (Å²) in [6.07, 6.45) is 2.40. The number of aliphatic carboxylic acids is 1. The molecule has 186 valence electrons. The zero-order valence-electron chi connectivity index (χ0n) is 20.0. The van der Waals surface area contributed by atoms with Crippen LogP contribution in [0.15, 0.2) is 48.5 Å². The lowest BCUT2D eigenvalue weighted by Crippen LogP contribution is -2.42. The molecule has 8 heteroatoms. The van der Waals surface area contributed by atoms with Crippen molar-refractivity contribution in [1.82, 2.24) is 10.2 Å². The minimum absolute atomic E-state index is 0.185. The zero-order chi connectivity index (χ0) is 24.8. The smallest absolute Gasteiger partial charge is 0.333 e. The summed E-state index contributed by atoms with van der Waals surface area (Å²) in [6.45, 7) is 5.91. The molecule has 0 saturated heterocycles. The molecule has 0 radical (unpaired) electrons. The molecule has 1 unspecified atom stereocenters. The molecule has 0 aliphatic rings. The number of urea groups is 1. The van der Waals surface area contributed by atoms with E-state index in [1.165, 1.54) is 12.1 Å². The monoisotopic (exact) mass is 474 g/mol. The highest BCUT2D eigenvalue weighted by Crippen LogP contribution is 2.15. The highest BCUT2D eigenvalue weighted by Gasteiger charge is 2.18. The summed E-state index contributed by atoms with van der Waals surface area (Å²) < 4.78 is 24.1. The molecule has 0 bridgehead atoms. The number of carbonyl (C=O) groups excluding carboxylic acids is 1. The van der Waals surface area contributed by atoms with Gasteiger partial charge in [0, 0.05) is 26.1 Å². The summed E-state index contributed by atoms with van der Waals surface area (Å²) in [4.78, 5) is 25.7. The van der Waals surface area contributed by atoms with Crippen molar-refractivity contribution in [1.29, 1.82) is 0 Å². The normalized spacial score (nSPS) is 11.6. The maximum absolute atomic E-state index is 13.1. The average molecular weight is 475 g/mol. The van der Waals surface area contributed by atoms with Gasteiger partial charge in [-0.1, -0.05) is 44.0 Å². The summed E-state index contributed by atoms with van der Waals surface area (Å²) in [5.41, 5.74) is 1.67. The molecule has 0 spiro atoms. The molecule has 2 amide bonds. The Bertz CT molecular complexity index is 874. The number of amides is 2. The third kappa shape index (κ3) is 9.79. The summed E-state index contributed by atoms with van der Waals surface area (Å²) in [7, 11) is 0. The molecule has 0 saturated carbocycles. The Morgan fingerprint density at radius 1 is 1.00 bits per heavy atom. The van der Waals surface area contributed by atoms with E-state index in [1.54, 1.807) is 36.1 Å². The van der Waals surface area contributed by atoms with Crippen molar-refractivity contribution in [3.8, 4) is 5.75 Å². The van der Waals surface area contributed by atoms with Crippen molar-refractivity contribution in [2.45, 2.75) is 52.2 Å². The quantitative estimate of drug-likeness (QED) is 0.367. The third-order valence-corrected chi connectivity index (χ3v) is 5.29. The summed E-state index contributed by atoms with van der Waals surface area (Å²) >= 11 is 0. The fourth-order valence-corrected chi connectivity index (χ4v) is 3.39. The van der Waals surface area contributed by atoms with Gasteiger partial charge in [-0.05, 0) is 48.7 Å². The predicted octanol–water partition coefficient (Wildman–Crippen LogP) is 4.64. The number of carboxylic acids is 1. The second-order valence-electron chi connectivity index (χ2n) is 7.96. The largest absolute Gasteiger partial charge is 0.492 e. The molecule has 7 nitrogen and oxygen atoms in total. The molecule has 34 heavy (non-hydrogen) atoms. The number of benzene rings is 2. The van der Waals surface area contributed by atoms with Crippen LogP contribution in [0.5, 0.6) is 5.75 Å². The van der Waals surface area contributed by atoms with E-state index in [9.17, 15) is 19.1 Å². The number of nitrogens with one attached hydrogen (secondary N) is 1. The summed E-state index contributed by atoms with van der Waals surface area (Å²) in [6, 6.07) is 13.1. The van der Waals surface area contributed by atoms with E-state index in [0.29, 0.717) is 38.6 Å². The Kier molecular flexibility index (Phi) is 11.9. The maximum atomic E-state index is 13.1. The number of carbonyl (C=O) groups is 2. The van der Waals surface area contributed by atoms with Crippen LogP contribution < -0.4 is 10.1 Å². The first-order valence-corrected chi connectivity index (χ1v) is 11.8. The average Bonchev–Trinajstić information content (AvgIpc) is 2.83. The van der Waals surface area contributed by atoms with E-state index in [1.807, 2.05) is 12.1 Å². The van der Waals surface area contributed by atoms with E-state index in [-0.39, 0.29) is 18.3 Å².